The largest absolute Gasteiger partial charge is 0.256 e. The number of hydrogen-bond acceptors (Lipinski definition) is 6. The van der Waals surface area contributed by atoms with Gasteiger partial charge in [0.15, 0.2) is 12.5 Å². The third-order valence-electron chi connectivity index (χ3n) is 6.13. The van der Waals surface area contributed by atoms with E-state index >= 15 is 0 Å². The minimum Gasteiger partial charge on any atom is -0.256 e. The van der Waals surface area contributed by atoms with Crippen molar-refractivity contribution in [1.29, 1.82) is 0 Å². The van der Waals surface area contributed by atoms with Gasteiger partial charge >= 0.3 is 0 Å². The Morgan fingerprint density at radius 1 is 0.935 bits per heavy atom. The predicted octanol–water partition coefficient (Wildman–Crippen LogP) is 4.77. The number of aliphatic imine (C=N–C) groups is 1. The number of nitrogens with two attached hydrogens (primary N) is 1. The summed E-state index contributed by atoms with van der Waals surface area (Å²) < 4.78 is 25.9. The van der Waals surface area contributed by atoms with Crippen molar-refractivity contribution in [3.63, 3.8) is 0 Å². The van der Waals surface area contributed by atoms with Gasteiger partial charge in [0.05, 0.1) is 10.4 Å². The van der Waals surface area contributed by atoms with Crippen molar-refractivity contribution in [1.82, 2.24) is 4.98 Å². The Kier molecular flexibility index (Phi) is 5.11. The average molecular weight is 434 g/mol. The Morgan fingerprint density at radius 2 is 1.74 bits per heavy atom. The van der Waals surface area contributed by atoms with Gasteiger partial charge in [-0.2, -0.15) is 5.11 Å². The number of benzene rings is 2. The predicted molar refractivity (Wildman–Crippen MR) is 121 cm³/mol. The summed E-state index contributed by atoms with van der Waals surface area (Å²) >= 11 is 0. The van der Waals surface area contributed by atoms with Crippen LogP contribution in [-0.2, 0) is 10.0 Å². The molecule has 2 aliphatic rings. The van der Waals surface area contributed by atoms with Crippen molar-refractivity contribution in [3.8, 4) is 11.1 Å². The van der Waals surface area contributed by atoms with Crippen molar-refractivity contribution in [2.45, 2.75) is 42.9 Å². The maximum absolute atomic E-state index is 13.0. The third-order valence-corrected chi connectivity index (χ3v) is 7.14. The summed E-state index contributed by atoms with van der Waals surface area (Å²) in [7, 11) is -4.03. The van der Waals surface area contributed by atoms with Gasteiger partial charge in [-0.25, -0.2) is 18.5 Å². The molecule has 0 bridgehead atoms. The number of azo groups is 1. The van der Waals surface area contributed by atoms with Crippen molar-refractivity contribution >= 4 is 26.8 Å². The first-order valence-electron chi connectivity index (χ1n) is 10.5. The van der Waals surface area contributed by atoms with Crippen LogP contribution in [0.1, 0.15) is 49.1 Å². The van der Waals surface area contributed by atoms with E-state index in [-0.39, 0.29) is 17.5 Å². The van der Waals surface area contributed by atoms with E-state index in [1.54, 1.807) is 6.20 Å². The molecule has 2 N–H and O–H groups in total. The molecule has 8 heteroatoms. The van der Waals surface area contributed by atoms with Crippen LogP contribution in [0.2, 0.25) is 0 Å². The van der Waals surface area contributed by atoms with E-state index in [0.717, 1.165) is 53.3 Å². The number of nitrogens with zero attached hydrogens (tertiary/aromatic N) is 4. The van der Waals surface area contributed by atoms with Crippen LogP contribution < -0.4 is 5.14 Å². The lowest BCUT2D eigenvalue weighted by molar-refractivity contribution is 0.438. The molecule has 5 rings (SSSR count). The van der Waals surface area contributed by atoms with Gasteiger partial charge in [0.2, 0.25) is 10.0 Å². The van der Waals surface area contributed by atoms with Gasteiger partial charge in [-0.3, -0.25) is 4.98 Å². The number of amidine groups is 1. The molecule has 1 saturated carbocycles. The molecular weight excluding hydrogens is 410 g/mol. The number of rotatable bonds is 4. The summed E-state index contributed by atoms with van der Waals surface area (Å²) in [5, 5.41) is 14.9. The second-order valence-electron chi connectivity index (χ2n) is 8.03. The highest BCUT2D eigenvalue weighted by Crippen LogP contribution is 2.41. The molecule has 0 amide bonds. The van der Waals surface area contributed by atoms with Crippen molar-refractivity contribution in [2.75, 3.05) is 6.67 Å². The van der Waals surface area contributed by atoms with Gasteiger partial charge in [0.1, 0.15) is 0 Å². The summed E-state index contributed by atoms with van der Waals surface area (Å²) in [6, 6.07) is 13.6. The molecule has 1 aliphatic carbocycles. The zero-order valence-corrected chi connectivity index (χ0v) is 17.8. The number of hydrogen-bond donors (Lipinski definition) is 1. The van der Waals surface area contributed by atoms with Crippen LogP contribution in [0.25, 0.3) is 22.0 Å². The van der Waals surface area contributed by atoms with Crippen LogP contribution in [0.15, 0.2) is 68.8 Å². The number of pyridine rings is 1. The fourth-order valence-electron chi connectivity index (χ4n) is 4.78. The first kappa shape index (κ1) is 20.0. The fraction of sp³-hybridized carbons (Fsp3) is 0.304. The highest BCUT2D eigenvalue weighted by molar-refractivity contribution is 7.89. The lowest BCUT2D eigenvalue weighted by Crippen LogP contribution is -2.21. The van der Waals surface area contributed by atoms with E-state index in [2.05, 4.69) is 20.2 Å². The Hall–Kier alpha value is -2.97. The number of fused-ring (bicyclic) bond motifs is 1. The van der Waals surface area contributed by atoms with Crippen LogP contribution in [-0.4, -0.2) is 25.9 Å². The van der Waals surface area contributed by atoms with E-state index < -0.39 is 10.0 Å². The lowest BCUT2D eigenvalue weighted by atomic mass is 9.82. The molecule has 0 atom stereocenters. The molecule has 2 heterocycles. The van der Waals surface area contributed by atoms with Crippen molar-refractivity contribution in [3.05, 3.63) is 59.8 Å². The van der Waals surface area contributed by atoms with Crippen molar-refractivity contribution < 1.29 is 8.42 Å². The average Bonchev–Trinajstić information content (AvgIpc) is 3.32. The van der Waals surface area contributed by atoms with Crippen molar-refractivity contribution in [2.24, 2.45) is 20.4 Å². The minimum absolute atomic E-state index is 0.136. The highest BCUT2D eigenvalue weighted by Gasteiger charge is 2.31. The zero-order valence-electron chi connectivity index (χ0n) is 17.0. The quantitative estimate of drug-likeness (QED) is 0.640. The monoisotopic (exact) mass is 433 g/mol. The molecule has 1 fully saturated rings. The van der Waals surface area contributed by atoms with Crippen LogP contribution in [0.4, 0.5) is 0 Å². The summed E-state index contributed by atoms with van der Waals surface area (Å²) in [6.45, 7) is 0.184. The molecule has 2 aromatic carbocycles. The smallest absolute Gasteiger partial charge is 0.239 e. The second-order valence-corrected chi connectivity index (χ2v) is 9.52. The molecule has 0 saturated heterocycles. The topological polar surface area (TPSA) is 110 Å². The van der Waals surface area contributed by atoms with Gasteiger partial charge < -0.3 is 0 Å². The number of primary sulfonamides is 1. The van der Waals surface area contributed by atoms with E-state index in [1.807, 2.05) is 42.5 Å². The number of aromatic nitrogens is 1. The van der Waals surface area contributed by atoms with Crippen LogP contribution in [0, 0.1) is 0 Å². The zero-order chi connectivity index (χ0) is 21.4. The van der Waals surface area contributed by atoms with Crippen LogP contribution in [0.5, 0.6) is 0 Å². The van der Waals surface area contributed by atoms with Crippen LogP contribution in [0.3, 0.4) is 0 Å². The van der Waals surface area contributed by atoms with Gasteiger partial charge in [-0.15, -0.1) is 5.11 Å². The van der Waals surface area contributed by atoms with E-state index in [1.165, 1.54) is 6.42 Å². The van der Waals surface area contributed by atoms with Gasteiger partial charge in [0.25, 0.3) is 0 Å². The molecule has 0 spiro atoms. The fourth-order valence-corrected chi connectivity index (χ4v) is 5.82. The normalized spacial score (nSPS) is 17.3. The second kappa shape index (κ2) is 7.94. The highest BCUT2D eigenvalue weighted by atomic mass is 32.2. The third kappa shape index (κ3) is 3.66. The summed E-state index contributed by atoms with van der Waals surface area (Å²) in [5.41, 5.74) is 3.63. The van der Waals surface area contributed by atoms with E-state index in [9.17, 15) is 8.42 Å². The summed E-state index contributed by atoms with van der Waals surface area (Å²) in [5.74, 6) is 0.473. The first-order chi connectivity index (χ1) is 15.0. The molecule has 7 nitrogen and oxygen atoms in total. The standard InChI is InChI=1S/C23H23N5O2S/c24-31(29,30)22-16(15-6-2-1-3-7-15)10-11-19(21(22)23-26-14-27-28-23)17-12-13-25-20-9-5-4-8-18(17)20/h4-5,8-13,15H,1-3,6-7,14H2,(H2,24,29,30). The molecule has 0 radical (unpaired) electrons. The van der Waals surface area contributed by atoms with Gasteiger partial charge in [-0.05, 0) is 47.6 Å². The number of sulfonamides is 1. The molecule has 31 heavy (non-hydrogen) atoms. The SMILES string of the molecule is NS(=O)(=O)c1c(C2CCCCC2)ccc(-c2ccnc3ccccc23)c1C1=NCN=N1. The maximum atomic E-state index is 13.0. The number of para-hydroxylation sites is 1. The molecule has 1 aromatic heterocycles. The molecular formula is C23H23N5O2S. The first-order valence-corrected chi connectivity index (χ1v) is 12.0. The summed E-state index contributed by atoms with van der Waals surface area (Å²) in [6.07, 6.45) is 6.98. The Morgan fingerprint density at radius 3 is 2.48 bits per heavy atom. The van der Waals surface area contributed by atoms with Crippen LogP contribution >= 0.6 is 0 Å². The van der Waals surface area contributed by atoms with E-state index in [4.69, 9.17) is 5.14 Å². The minimum atomic E-state index is -4.03. The Labute approximate surface area is 181 Å². The molecule has 1 aliphatic heterocycles. The molecule has 0 unspecified atom stereocenters. The van der Waals surface area contributed by atoms with Gasteiger partial charge in [0, 0.05) is 17.1 Å². The Bertz CT molecular complexity index is 1320. The van der Waals surface area contributed by atoms with E-state index in [0.29, 0.717) is 11.4 Å². The Balaban J connectivity index is 1.85. The van der Waals surface area contributed by atoms with Gasteiger partial charge in [-0.1, -0.05) is 49.6 Å². The molecule has 158 valence electrons. The summed E-state index contributed by atoms with van der Waals surface area (Å²) in [4.78, 5) is 8.96. The molecule has 3 aromatic rings. The maximum Gasteiger partial charge on any atom is 0.239 e. The lowest BCUT2D eigenvalue weighted by Gasteiger charge is -2.26.